The third-order valence-electron chi connectivity index (χ3n) is 5.23. The third kappa shape index (κ3) is 3.10. The van der Waals surface area contributed by atoms with Crippen molar-refractivity contribution < 1.29 is 9.32 Å². The van der Waals surface area contributed by atoms with Crippen LogP contribution in [0.2, 0.25) is 0 Å². The number of piperidine rings is 1. The van der Waals surface area contributed by atoms with E-state index in [2.05, 4.69) is 15.1 Å². The molecule has 0 unspecified atom stereocenters. The van der Waals surface area contributed by atoms with Gasteiger partial charge in [-0.3, -0.25) is 9.59 Å². The van der Waals surface area contributed by atoms with E-state index in [9.17, 15) is 9.59 Å². The van der Waals surface area contributed by atoms with Crippen molar-refractivity contribution >= 4 is 5.91 Å². The molecule has 0 saturated carbocycles. The molecule has 7 nitrogen and oxygen atoms in total. The summed E-state index contributed by atoms with van der Waals surface area (Å²) in [5.74, 6) is 1.71. The number of carbonyl (C=O) groups excluding carboxylic acids is 1. The Morgan fingerprint density at radius 1 is 1.28 bits per heavy atom. The lowest BCUT2D eigenvalue weighted by Gasteiger charge is -2.31. The monoisotopic (exact) mass is 342 g/mol. The van der Waals surface area contributed by atoms with Gasteiger partial charge in [0.2, 0.25) is 0 Å². The van der Waals surface area contributed by atoms with Crippen molar-refractivity contribution in [2.24, 2.45) is 0 Å². The van der Waals surface area contributed by atoms with E-state index in [1.54, 1.807) is 13.0 Å². The predicted octanol–water partition coefficient (Wildman–Crippen LogP) is 1.96. The van der Waals surface area contributed by atoms with Gasteiger partial charge < -0.3 is 14.4 Å². The van der Waals surface area contributed by atoms with Crippen molar-refractivity contribution in [2.75, 3.05) is 13.1 Å². The second-order valence-corrected chi connectivity index (χ2v) is 6.96. The molecule has 0 atom stereocenters. The molecule has 0 radical (unpaired) electrons. The number of carbonyl (C=O) groups is 1. The fourth-order valence-electron chi connectivity index (χ4n) is 3.89. The van der Waals surface area contributed by atoms with Gasteiger partial charge in [0.05, 0.1) is 5.69 Å². The lowest BCUT2D eigenvalue weighted by atomic mass is 9.92. The lowest BCUT2D eigenvalue weighted by Crippen LogP contribution is -2.39. The summed E-state index contributed by atoms with van der Waals surface area (Å²) < 4.78 is 5.37. The second kappa shape index (κ2) is 6.46. The molecule has 0 bridgehead atoms. The van der Waals surface area contributed by atoms with Gasteiger partial charge >= 0.3 is 0 Å². The minimum Gasteiger partial charge on any atom is -0.360 e. The van der Waals surface area contributed by atoms with Gasteiger partial charge in [-0.15, -0.1) is 0 Å². The molecule has 132 valence electrons. The van der Waals surface area contributed by atoms with Crippen LogP contribution in [0, 0.1) is 6.92 Å². The molecule has 0 aromatic carbocycles. The molecule has 1 N–H and O–H groups in total. The summed E-state index contributed by atoms with van der Waals surface area (Å²) in [7, 11) is 0. The first-order valence-electron chi connectivity index (χ1n) is 8.96. The minimum absolute atomic E-state index is 0.0274. The number of nitrogens with one attached hydrogen (secondary N) is 1. The van der Waals surface area contributed by atoms with E-state index in [0.717, 1.165) is 55.5 Å². The van der Waals surface area contributed by atoms with Crippen molar-refractivity contribution in [3.8, 4) is 0 Å². The number of hydrogen-bond donors (Lipinski definition) is 1. The van der Waals surface area contributed by atoms with Crippen molar-refractivity contribution in [1.29, 1.82) is 0 Å². The maximum Gasteiger partial charge on any atom is 0.276 e. The normalized spacial score (nSPS) is 18.2. The van der Waals surface area contributed by atoms with E-state index >= 15 is 0 Å². The summed E-state index contributed by atoms with van der Waals surface area (Å²) in [6, 6.07) is 1.57. The highest BCUT2D eigenvalue weighted by Gasteiger charge is 2.30. The van der Waals surface area contributed by atoms with Crippen LogP contribution < -0.4 is 5.56 Å². The molecule has 3 heterocycles. The van der Waals surface area contributed by atoms with Gasteiger partial charge in [-0.1, -0.05) is 5.16 Å². The Kier molecular flexibility index (Phi) is 4.15. The molecular weight excluding hydrogens is 320 g/mol. The van der Waals surface area contributed by atoms with E-state index < -0.39 is 0 Å². The SMILES string of the molecule is Cc1nc(C2CCN(C(=O)c3noc4c3CCCC4)CC2)cc(=O)[nH]1. The zero-order chi connectivity index (χ0) is 17.4. The predicted molar refractivity (Wildman–Crippen MR) is 90.6 cm³/mol. The van der Waals surface area contributed by atoms with E-state index in [4.69, 9.17) is 4.52 Å². The van der Waals surface area contributed by atoms with Crippen molar-refractivity contribution in [1.82, 2.24) is 20.0 Å². The summed E-state index contributed by atoms with van der Waals surface area (Å²) >= 11 is 0. The van der Waals surface area contributed by atoms with Crippen LogP contribution in [0.25, 0.3) is 0 Å². The highest BCUT2D eigenvalue weighted by atomic mass is 16.5. The lowest BCUT2D eigenvalue weighted by molar-refractivity contribution is 0.0700. The van der Waals surface area contributed by atoms with Crippen molar-refractivity contribution in [3.63, 3.8) is 0 Å². The smallest absolute Gasteiger partial charge is 0.276 e. The van der Waals surface area contributed by atoms with E-state index in [1.807, 2.05) is 4.90 Å². The van der Waals surface area contributed by atoms with Crippen LogP contribution in [0.5, 0.6) is 0 Å². The third-order valence-corrected chi connectivity index (χ3v) is 5.23. The van der Waals surface area contributed by atoms with Crippen LogP contribution in [0.1, 0.15) is 64.9 Å². The number of amides is 1. The number of aryl methyl sites for hydroxylation is 2. The Morgan fingerprint density at radius 2 is 2.04 bits per heavy atom. The molecule has 1 aliphatic carbocycles. The summed E-state index contributed by atoms with van der Waals surface area (Å²) in [5, 5.41) is 4.05. The van der Waals surface area contributed by atoms with Gasteiger partial charge in [-0.2, -0.15) is 0 Å². The second-order valence-electron chi connectivity index (χ2n) is 6.96. The number of rotatable bonds is 2. The molecule has 1 amide bonds. The maximum atomic E-state index is 12.8. The molecule has 1 fully saturated rings. The Bertz CT molecular complexity index is 846. The highest BCUT2D eigenvalue weighted by molar-refractivity contribution is 5.94. The van der Waals surface area contributed by atoms with Crippen molar-refractivity contribution in [2.45, 2.75) is 51.4 Å². The van der Waals surface area contributed by atoms with Crippen LogP contribution in [0.3, 0.4) is 0 Å². The zero-order valence-electron chi connectivity index (χ0n) is 14.4. The van der Waals surface area contributed by atoms with Crippen LogP contribution in [0.4, 0.5) is 0 Å². The molecule has 0 spiro atoms. The molecule has 4 rings (SSSR count). The van der Waals surface area contributed by atoms with Gasteiger partial charge in [-0.05, 0) is 39.0 Å². The molecule has 2 aliphatic rings. The Hall–Kier alpha value is -2.44. The maximum absolute atomic E-state index is 12.8. The molecule has 2 aromatic heterocycles. The summed E-state index contributed by atoms with van der Waals surface area (Å²) in [6.45, 7) is 3.09. The number of H-pyrrole nitrogens is 1. The molecule has 1 aliphatic heterocycles. The van der Waals surface area contributed by atoms with Gasteiger partial charge in [0.15, 0.2) is 5.69 Å². The van der Waals surface area contributed by atoms with Gasteiger partial charge in [0, 0.05) is 37.1 Å². The first-order valence-corrected chi connectivity index (χ1v) is 8.96. The first-order chi connectivity index (χ1) is 12.1. The number of nitrogens with zero attached hydrogens (tertiary/aromatic N) is 3. The Balaban J connectivity index is 1.46. The molecule has 1 saturated heterocycles. The first kappa shape index (κ1) is 16.1. The quantitative estimate of drug-likeness (QED) is 0.901. The highest BCUT2D eigenvalue weighted by Crippen LogP contribution is 2.29. The van der Waals surface area contributed by atoms with Gasteiger partial charge in [-0.25, -0.2) is 4.98 Å². The van der Waals surface area contributed by atoms with Crippen LogP contribution in [-0.4, -0.2) is 39.0 Å². The molecular formula is C18H22N4O3. The molecule has 7 heteroatoms. The van der Waals surface area contributed by atoms with Crippen LogP contribution >= 0.6 is 0 Å². The average Bonchev–Trinajstić information content (AvgIpc) is 3.04. The van der Waals surface area contributed by atoms with E-state index in [-0.39, 0.29) is 17.4 Å². The van der Waals surface area contributed by atoms with Crippen molar-refractivity contribution in [3.05, 3.63) is 45.0 Å². The summed E-state index contributed by atoms with van der Waals surface area (Å²) in [4.78, 5) is 33.4. The van der Waals surface area contributed by atoms with Gasteiger partial charge in [0.25, 0.3) is 11.5 Å². The summed E-state index contributed by atoms with van der Waals surface area (Å²) in [6.07, 6.45) is 5.56. The largest absolute Gasteiger partial charge is 0.360 e. The fourth-order valence-corrected chi connectivity index (χ4v) is 3.89. The van der Waals surface area contributed by atoms with E-state index in [0.29, 0.717) is 24.6 Å². The fraction of sp³-hybridized carbons (Fsp3) is 0.556. The average molecular weight is 342 g/mol. The standard InChI is InChI=1S/C18H22N4O3/c1-11-19-14(10-16(23)20-11)12-6-8-22(9-7-12)18(24)17-13-4-2-3-5-15(13)25-21-17/h10,12H,2-9H2,1H3,(H,19,20,23). The Morgan fingerprint density at radius 3 is 2.80 bits per heavy atom. The molecule has 2 aromatic rings. The Labute approximate surface area is 145 Å². The van der Waals surface area contributed by atoms with Crippen LogP contribution in [-0.2, 0) is 12.8 Å². The number of likely N-dealkylation sites (tertiary alicyclic amines) is 1. The topological polar surface area (TPSA) is 92.1 Å². The number of aromatic nitrogens is 3. The minimum atomic E-state index is -0.116. The number of aromatic amines is 1. The van der Waals surface area contributed by atoms with Crippen LogP contribution in [0.15, 0.2) is 15.4 Å². The number of fused-ring (bicyclic) bond motifs is 1. The van der Waals surface area contributed by atoms with E-state index in [1.165, 1.54) is 0 Å². The van der Waals surface area contributed by atoms with Gasteiger partial charge in [0.1, 0.15) is 11.6 Å². The zero-order valence-corrected chi connectivity index (χ0v) is 14.4. The summed E-state index contributed by atoms with van der Waals surface area (Å²) in [5.41, 5.74) is 2.21. The molecule has 25 heavy (non-hydrogen) atoms. The number of hydrogen-bond acceptors (Lipinski definition) is 5.